The quantitative estimate of drug-likeness (QED) is 0.456. The molecule has 0 spiro atoms. The van der Waals surface area contributed by atoms with Crippen molar-refractivity contribution in [3.63, 3.8) is 0 Å². The van der Waals surface area contributed by atoms with E-state index >= 15 is 0 Å². The van der Waals surface area contributed by atoms with Crippen LogP contribution in [0.1, 0.15) is 31.4 Å². The number of hydrogen-bond donors (Lipinski definition) is 2. The fourth-order valence-corrected chi connectivity index (χ4v) is 2.18. The van der Waals surface area contributed by atoms with Crippen molar-refractivity contribution in [2.24, 2.45) is 5.84 Å². The summed E-state index contributed by atoms with van der Waals surface area (Å²) in [6, 6.07) is 10.4. The number of nitrogens with two attached hydrogens (primary N) is 1. The van der Waals surface area contributed by atoms with Gasteiger partial charge in [-0.3, -0.25) is 16.3 Å². The van der Waals surface area contributed by atoms with E-state index < -0.39 is 0 Å². The van der Waals surface area contributed by atoms with Crippen molar-refractivity contribution in [2.45, 2.75) is 25.8 Å². The first kappa shape index (κ1) is 13.9. The van der Waals surface area contributed by atoms with E-state index in [0.29, 0.717) is 0 Å². The van der Waals surface area contributed by atoms with Crippen LogP contribution in [-0.4, -0.2) is 18.2 Å². The number of aromatic nitrogens is 1. The van der Waals surface area contributed by atoms with Crippen LogP contribution in [0.4, 0.5) is 0 Å². The normalized spacial score (nSPS) is 12.7. The van der Waals surface area contributed by atoms with Crippen LogP contribution < -0.4 is 11.3 Å². The van der Waals surface area contributed by atoms with Crippen LogP contribution in [0.15, 0.2) is 36.5 Å². The number of hydrogen-bond acceptors (Lipinski definition) is 4. The summed E-state index contributed by atoms with van der Waals surface area (Å²) in [6.07, 6.45) is 3.75. The number of hydrazine groups is 1. The lowest BCUT2D eigenvalue weighted by molar-refractivity contribution is 0.141. The van der Waals surface area contributed by atoms with Crippen molar-refractivity contribution in [3.05, 3.63) is 42.1 Å². The van der Waals surface area contributed by atoms with Gasteiger partial charge in [-0.05, 0) is 37.5 Å². The first-order valence-electron chi connectivity index (χ1n) is 6.73. The zero-order valence-electron chi connectivity index (χ0n) is 11.3. The Morgan fingerprint density at radius 2 is 2.26 bits per heavy atom. The second-order valence-electron chi connectivity index (χ2n) is 4.51. The number of pyridine rings is 1. The zero-order chi connectivity index (χ0) is 13.5. The lowest BCUT2D eigenvalue weighted by Gasteiger charge is -2.16. The summed E-state index contributed by atoms with van der Waals surface area (Å²) >= 11 is 0. The Balaban J connectivity index is 2.07. The first-order chi connectivity index (χ1) is 9.35. The van der Waals surface area contributed by atoms with Crippen LogP contribution in [0.5, 0.6) is 0 Å². The van der Waals surface area contributed by atoms with Gasteiger partial charge in [-0.1, -0.05) is 18.2 Å². The lowest BCUT2D eigenvalue weighted by atomic mass is 10.0. The number of rotatable bonds is 7. The molecule has 0 radical (unpaired) electrons. The Bertz CT molecular complexity index is 515. The highest BCUT2D eigenvalue weighted by atomic mass is 16.5. The van der Waals surface area contributed by atoms with E-state index in [4.69, 9.17) is 10.6 Å². The maximum atomic E-state index is 5.65. The topological polar surface area (TPSA) is 60.2 Å². The molecule has 0 aliphatic carbocycles. The monoisotopic (exact) mass is 259 g/mol. The van der Waals surface area contributed by atoms with Gasteiger partial charge in [-0.2, -0.15) is 0 Å². The molecule has 1 aromatic heterocycles. The molecule has 1 unspecified atom stereocenters. The molecule has 4 nitrogen and oxygen atoms in total. The molecular formula is C15H21N3O. The molecule has 2 aromatic rings. The molecule has 0 fully saturated rings. The van der Waals surface area contributed by atoms with Gasteiger partial charge in [0.2, 0.25) is 0 Å². The Morgan fingerprint density at radius 3 is 3.05 bits per heavy atom. The summed E-state index contributed by atoms with van der Waals surface area (Å²) in [4.78, 5) is 4.37. The molecular weight excluding hydrogens is 238 g/mol. The maximum absolute atomic E-state index is 5.65. The second kappa shape index (κ2) is 7.19. The van der Waals surface area contributed by atoms with Crippen LogP contribution in [0.2, 0.25) is 0 Å². The lowest BCUT2D eigenvalue weighted by Crippen LogP contribution is -2.28. The molecule has 0 saturated heterocycles. The molecule has 0 saturated carbocycles. The van der Waals surface area contributed by atoms with Gasteiger partial charge in [-0.15, -0.1) is 0 Å². The number of benzene rings is 1. The molecule has 0 bridgehead atoms. The summed E-state index contributed by atoms with van der Waals surface area (Å²) in [6.45, 7) is 3.55. The smallest absolute Gasteiger partial charge is 0.0705 e. The van der Waals surface area contributed by atoms with E-state index in [1.54, 1.807) is 0 Å². The minimum atomic E-state index is 0.145. The fourth-order valence-electron chi connectivity index (χ4n) is 2.18. The minimum absolute atomic E-state index is 0.145. The zero-order valence-corrected chi connectivity index (χ0v) is 11.3. The van der Waals surface area contributed by atoms with Crippen molar-refractivity contribution in [3.8, 4) is 0 Å². The summed E-state index contributed by atoms with van der Waals surface area (Å²) in [7, 11) is 0. The highest BCUT2D eigenvalue weighted by Crippen LogP contribution is 2.21. The van der Waals surface area contributed by atoms with E-state index in [-0.39, 0.29) is 6.04 Å². The van der Waals surface area contributed by atoms with E-state index in [1.807, 2.05) is 19.2 Å². The molecule has 1 heterocycles. The van der Waals surface area contributed by atoms with Gasteiger partial charge in [0.15, 0.2) is 0 Å². The number of nitrogens with one attached hydrogen (secondary N) is 1. The van der Waals surface area contributed by atoms with Gasteiger partial charge in [0.25, 0.3) is 0 Å². The van der Waals surface area contributed by atoms with Crippen molar-refractivity contribution in [1.82, 2.24) is 10.4 Å². The highest BCUT2D eigenvalue weighted by Gasteiger charge is 2.10. The molecule has 0 amide bonds. The van der Waals surface area contributed by atoms with E-state index in [2.05, 4.69) is 34.7 Å². The predicted octanol–water partition coefficient (Wildman–Crippen LogP) is 2.56. The predicted molar refractivity (Wildman–Crippen MR) is 77.5 cm³/mol. The SMILES string of the molecule is CCOCCCC(NN)c1ccc2cccnc2c1. The van der Waals surface area contributed by atoms with Crippen molar-refractivity contribution in [1.29, 1.82) is 0 Å². The Kier molecular flexibility index (Phi) is 5.27. The van der Waals surface area contributed by atoms with Gasteiger partial charge < -0.3 is 4.74 Å². The van der Waals surface area contributed by atoms with E-state index in [0.717, 1.165) is 37.0 Å². The van der Waals surface area contributed by atoms with Gasteiger partial charge in [-0.25, -0.2) is 0 Å². The van der Waals surface area contributed by atoms with Crippen LogP contribution in [0, 0.1) is 0 Å². The number of nitrogens with zero attached hydrogens (tertiary/aromatic N) is 1. The third-order valence-corrected chi connectivity index (χ3v) is 3.22. The Hall–Kier alpha value is -1.49. The number of ether oxygens (including phenoxy) is 1. The molecule has 4 heteroatoms. The second-order valence-corrected chi connectivity index (χ2v) is 4.51. The van der Waals surface area contributed by atoms with Gasteiger partial charge >= 0.3 is 0 Å². The average molecular weight is 259 g/mol. The highest BCUT2D eigenvalue weighted by molar-refractivity contribution is 5.78. The van der Waals surface area contributed by atoms with Crippen LogP contribution in [0.3, 0.4) is 0 Å². The fraction of sp³-hybridized carbons (Fsp3) is 0.400. The van der Waals surface area contributed by atoms with Gasteiger partial charge in [0.1, 0.15) is 0 Å². The Morgan fingerprint density at radius 1 is 1.37 bits per heavy atom. The third-order valence-electron chi connectivity index (χ3n) is 3.22. The standard InChI is InChI=1S/C15H21N3O/c1-2-19-10-4-6-14(18-16)13-8-7-12-5-3-9-17-15(12)11-13/h3,5,7-9,11,14,18H,2,4,6,10,16H2,1H3. The summed E-state index contributed by atoms with van der Waals surface area (Å²) in [5.41, 5.74) is 5.05. The Labute approximate surface area is 113 Å². The van der Waals surface area contributed by atoms with Crippen molar-refractivity contribution >= 4 is 10.9 Å². The maximum Gasteiger partial charge on any atom is 0.0705 e. The van der Waals surface area contributed by atoms with Crippen LogP contribution in [-0.2, 0) is 4.74 Å². The van der Waals surface area contributed by atoms with Gasteiger partial charge in [0, 0.05) is 30.8 Å². The van der Waals surface area contributed by atoms with Crippen molar-refractivity contribution < 1.29 is 4.74 Å². The summed E-state index contributed by atoms with van der Waals surface area (Å²) in [5.74, 6) is 5.65. The minimum Gasteiger partial charge on any atom is -0.382 e. The third kappa shape index (κ3) is 3.73. The molecule has 1 aromatic carbocycles. The molecule has 3 N–H and O–H groups in total. The van der Waals surface area contributed by atoms with Gasteiger partial charge in [0.05, 0.1) is 5.52 Å². The van der Waals surface area contributed by atoms with Crippen LogP contribution >= 0.6 is 0 Å². The largest absolute Gasteiger partial charge is 0.382 e. The molecule has 0 aliphatic rings. The van der Waals surface area contributed by atoms with Crippen molar-refractivity contribution in [2.75, 3.05) is 13.2 Å². The van der Waals surface area contributed by atoms with E-state index in [1.165, 1.54) is 5.56 Å². The molecule has 102 valence electrons. The first-order valence-corrected chi connectivity index (χ1v) is 6.73. The van der Waals surface area contributed by atoms with Crippen LogP contribution in [0.25, 0.3) is 10.9 Å². The average Bonchev–Trinajstić information content (AvgIpc) is 2.47. The number of fused-ring (bicyclic) bond motifs is 1. The summed E-state index contributed by atoms with van der Waals surface area (Å²) < 4.78 is 5.35. The molecule has 2 rings (SSSR count). The molecule has 0 aliphatic heterocycles. The molecule has 19 heavy (non-hydrogen) atoms. The molecule has 1 atom stereocenters. The van der Waals surface area contributed by atoms with E-state index in [9.17, 15) is 0 Å². The summed E-state index contributed by atoms with van der Waals surface area (Å²) in [5, 5.41) is 1.15.